The highest BCUT2D eigenvalue weighted by Crippen LogP contribution is 2.71. The van der Waals surface area contributed by atoms with Crippen molar-refractivity contribution in [2.24, 2.45) is 11.8 Å². The van der Waals surface area contributed by atoms with Crippen LogP contribution in [0.2, 0.25) is 0 Å². The van der Waals surface area contributed by atoms with Gasteiger partial charge in [0.1, 0.15) is 12.6 Å². The van der Waals surface area contributed by atoms with E-state index in [2.05, 4.69) is 13.2 Å². The third kappa shape index (κ3) is 4.18. The summed E-state index contributed by atoms with van der Waals surface area (Å²) in [7, 11) is 0. The van der Waals surface area contributed by atoms with Gasteiger partial charge in [0.05, 0.1) is 29.2 Å². The molecule has 1 aromatic carbocycles. The van der Waals surface area contributed by atoms with Crippen LogP contribution >= 0.6 is 11.8 Å². The zero-order chi connectivity index (χ0) is 26.1. The number of rotatable bonds is 11. The van der Waals surface area contributed by atoms with Crippen LogP contribution < -0.4 is 0 Å². The van der Waals surface area contributed by atoms with E-state index in [1.165, 1.54) is 6.08 Å². The van der Waals surface area contributed by atoms with Crippen LogP contribution in [0.5, 0.6) is 0 Å². The van der Waals surface area contributed by atoms with Crippen molar-refractivity contribution < 1.29 is 24.2 Å². The van der Waals surface area contributed by atoms with Crippen molar-refractivity contribution in [1.29, 1.82) is 0 Å². The van der Waals surface area contributed by atoms with Crippen molar-refractivity contribution in [2.75, 3.05) is 19.8 Å². The van der Waals surface area contributed by atoms with Crippen LogP contribution in [0, 0.1) is 11.8 Å². The van der Waals surface area contributed by atoms with Crippen molar-refractivity contribution in [2.45, 2.75) is 61.2 Å². The van der Waals surface area contributed by atoms with E-state index in [1.54, 1.807) is 27.6 Å². The van der Waals surface area contributed by atoms with Crippen LogP contribution in [-0.2, 0) is 25.7 Å². The molecule has 194 valence electrons. The van der Waals surface area contributed by atoms with Crippen LogP contribution in [-0.4, -0.2) is 74.0 Å². The number of thioether (sulfide) groups is 1. The van der Waals surface area contributed by atoms with E-state index in [0.717, 1.165) is 5.56 Å². The number of carbonyl (C=O) groups excluding carboxylic acids is 3. The van der Waals surface area contributed by atoms with E-state index < -0.39 is 39.4 Å². The first kappa shape index (κ1) is 26.5. The van der Waals surface area contributed by atoms with Crippen LogP contribution in [0.15, 0.2) is 55.6 Å². The van der Waals surface area contributed by atoms with Crippen molar-refractivity contribution in [3.8, 4) is 0 Å². The summed E-state index contributed by atoms with van der Waals surface area (Å²) in [5.41, 5.74) is 0.980. The van der Waals surface area contributed by atoms with Gasteiger partial charge in [0, 0.05) is 17.8 Å². The first-order chi connectivity index (χ1) is 17.3. The highest BCUT2D eigenvalue weighted by atomic mass is 32.2. The van der Waals surface area contributed by atoms with Gasteiger partial charge in [0.2, 0.25) is 11.8 Å². The number of amides is 2. The Kier molecular flexibility index (Phi) is 7.67. The topological polar surface area (TPSA) is 87.1 Å². The number of carbonyl (C=O) groups is 3. The lowest BCUT2D eigenvalue weighted by molar-refractivity contribution is -0.155. The van der Waals surface area contributed by atoms with Crippen molar-refractivity contribution in [1.82, 2.24) is 9.80 Å². The number of esters is 1. The molecule has 0 saturated carbocycles. The largest absolute Gasteiger partial charge is 0.461 e. The van der Waals surface area contributed by atoms with Gasteiger partial charge in [-0.1, -0.05) is 56.0 Å². The van der Waals surface area contributed by atoms with Crippen molar-refractivity contribution in [3.05, 3.63) is 61.2 Å². The van der Waals surface area contributed by atoms with Crippen molar-refractivity contribution in [3.63, 3.8) is 0 Å². The molecule has 3 aliphatic rings. The lowest BCUT2D eigenvalue weighted by Crippen LogP contribution is -2.57. The molecule has 1 spiro atoms. The number of fused-ring (bicyclic) bond motifs is 1. The van der Waals surface area contributed by atoms with Gasteiger partial charge < -0.3 is 19.6 Å². The number of benzene rings is 1. The van der Waals surface area contributed by atoms with E-state index in [-0.39, 0.29) is 25.0 Å². The Hall–Kier alpha value is -2.58. The Morgan fingerprint density at radius 1 is 1.28 bits per heavy atom. The van der Waals surface area contributed by atoms with Gasteiger partial charge in [-0.3, -0.25) is 14.4 Å². The van der Waals surface area contributed by atoms with Crippen LogP contribution in [0.1, 0.15) is 38.7 Å². The predicted octanol–water partition coefficient (Wildman–Crippen LogP) is 3.18. The van der Waals surface area contributed by atoms with E-state index in [0.29, 0.717) is 32.4 Å². The molecule has 6 atom stereocenters. The van der Waals surface area contributed by atoms with Gasteiger partial charge in [-0.25, -0.2) is 0 Å². The van der Waals surface area contributed by atoms with Gasteiger partial charge in [0.15, 0.2) is 0 Å². The fourth-order valence-electron chi connectivity index (χ4n) is 6.40. The minimum absolute atomic E-state index is 0.0779. The fraction of sp³-hybridized carbons (Fsp3) is 0.536. The summed E-state index contributed by atoms with van der Waals surface area (Å²) in [4.78, 5) is 45.0. The molecule has 2 unspecified atom stereocenters. The molecule has 3 aliphatic heterocycles. The predicted molar refractivity (Wildman–Crippen MR) is 140 cm³/mol. The quantitative estimate of drug-likeness (QED) is 0.362. The first-order valence-electron chi connectivity index (χ1n) is 12.6. The highest BCUT2D eigenvalue weighted by molar-refractivity contribution is 8.02. The Bertz CT molecular complexity index is 1030. The van der Waals surface area contributed by atoms with Gasteiger partial charge in [-0.2, -0.15) is 0 Å². The summed E-state index contributed by atoms with van der Waals surface area (Å²) in [5, 5.41) is 10.2. The summed E-state index contributed by atoms with van der Waals surface area (Å²) in [6, 6.07) is 8.43. The third-order valence-corrected chi connectivity index (χ3v) is 9.98. The molecule has 8 heteroatoms. The Morgan fingerprint density at radius 2 is 2.00 bits per heavy atom. The van der Waals surface area contributed by atoms with Crippen LogP contribution in [0.3, 0.4) is 0 Å². The Balaban J connectivity index is 1.77. The maximum absolute atomic E-state index is 14.4. The smallest absolute Gasteiger partial charge is 0.311 e. The summed E-state index contributed by atoms with van der Waals surface area (Å²) < 4.78 is 4.21. The van der Waals surface area contributed by atoms with Gasteiger partial charge >= 0.3 is 5.97 Å². The number of aliphatic hydroxyl groups excluding tert-OH is 1. The van der Waals surface area contributed by atoms with E-state index >= 15 is 0 Å². The average molecular weight is 513 g/mol. The maximum Gasteiger partial charge on any atom is 0.311 e. The lowest BCUT2D eigenvalue weighted by atomic mass is 9.66. The van der Waals surface area contributed by atoms with Crippen molar-refractivity contribution >= 4 is 29.5 Å². The van der Waals surface area contributed by atoms with Gasteiger partial charge in [0.25, 0.3) is 0 Å². The molecule has 3 saturated heterocycles. The summed E-state index contributed by atoms with van der Waals surface area (Å²) in [6.07, 6.45) is 5.07. The number of likely N-dealkylation sites (tertiary alicyclic amines) is 1. The molecule has 7 nitrogen and oxygen atoms in total. The minimum atomic E-state index is -0.778. The molecular formula is C28H36N2O5S. The van der Waals surface area contributed by atoms with Gasteiger partial charge in [-0.15, -0.1) is 18.3 Å². The SMILES string of the molecule is C=CCOC(=O)[C@@H]1[C@H]2C(=O)N([C@@H](CC)CO)C(C(=O)N(CC=C)Cc3ccccc3)C23CC[C@@]1(C)S3. The molecule has 0 radical (unpaired) electrons. The van der Waals surface area contributed by atoms with E-state index in [9.17, 15) is 19.5 Å². The van der Waals surface area contributed by atoms with E-state index in [1.807, 2.05) is 44.2 Å². The molecule has 1 N–H and O–H groups in total. The summed E-state index contributed by atoms with van der Waals surface area (Å²) in [5.74, 6) is -2.14. The second-order valence-electron chi connectivity index (χ2n) is 10.1. The van der Waals surface area contributed by atoms with Crippen LogP contribution in [0.25, 0.3) is 0 Å². The second kappa shape index (κ2) is 10.4. The first-order valence-corrected chi connectivity index (χ1v) is 13.4. The standard InChI is InChI=1S/C28H36N2O5S/c1-5-15-29(17-19-11-9-8-10-12-19)25(33)23-28-14-13-27(4,36-28)22(26(34)35-16-6-2)21(28)24(32)30(23)20(7-3)18-31/h5-6,8-12,20-23,31H,1-2,7,13-18H2,3-4H3/t20-,21-,22-,23?,27+,28?/m0/s1. The molecule has 3 fully saturated rings. The molecule has 3 heterocycles. The normalized spacial score (nSPS) is 31.1. The number of hydrogen-bond donors (Lipinski definition) is 1. The molecule has 2 amide bonds. The average Bonchev–Trinajstić information content (AvgIpc) is 3.44. The third-order valence-electron chi connectivity index (χ3n) is 8.00. The monoisotopic (exact) mass is 512 g/mol. The number of nitrogens with zero attached hydrogens (tertiary/aromatic N) is 2. The number of ether oxygens (including phenoxy) is 1. The Morgan fingerprint density at radius 3 is 2.61 bits per heavy atom. The minimum Gasteiger partial charge on any atom is -0.461 e. The number of hydrogen-bond acceptors (Lipinski definition) is 6. The molecule has 1 aromatic rings. The molecule has 4 rings (SSSR count). The zero-order valence-electron chi connectivity index (χ0n) is 21.1. The van der Waals surface area contributed by atoms with Gasteiger partial charge in [-0.05, 0) is 31.7 Å². The molecule has 36 heavy (non-hydrogen) atoms. The second-order valence-corrected chi connectivity index (χ2v) is 12.0. The molecular weight excluding hydrogens is 476 g/mol. The highest BCUT2D eigenvalue weighted by Gasteiger charge is 2.78. The zero-order valence-corrected chi connectivity index (χ0v) is 21.9. The molecule has 2 bridgehead atoms. The molecule has 0 aliphatic carbocycles. The molecule has 0 aromatic heterocycles. The maximum atomic E-state index is 14.4. The fourth-order valence-corrected chi connectivity index (χ4v) is 8.73. The summed E-state index contributed by atoms with van der Waals surface area (Å²) in [6.45, 7) is 11.9. The Labute approximate surface area is 217 Å². The summed E-state index contributed by atoms with van der Waals surface area (Å²) >= 11 is 1.60. The van der Waals surface area contributed by atoms with E-state index in [4.69, 9.17) is 4.74 Å². The van der Waals surface area contributed by atoms with Crippen LogP contribution in [0.4, 0.5) is 0 Å². The number of aliphatic hydroxyl groups is 1. The lowest BCUT2D eigenvalue weighted by Gasteiger charge is -2.39.